The molecule has 1 atom stereocenters. The normalized spacial score (nSPS) is 18.8. The van der Waals surface area contributed by atoms with Crippen molar-refractivity contribution in [2.75, 3.05) is 0 Å². The van der Waals surface area contributed by atoms with Crippen molar-refractivity contribution in [3.63, 3.8) is 0 Å². The minimum absolute atomic E-state index is 0.0127. The molecule has 1 aromatic heterocycles. The molecule has 3 rings (SSSR count). The van der Waals surface area contributed by atoms with Crippen molar-refractivity contribution in [2.24, 2.45) is 5.73 Å². The molecule has 0 saturated heterocycles. The highest BCUT2D eigenvalue weighted by Gasteiger charge is 2.28. The lowest BCUT2D eigenvalue weighted by molar-refractivity contribution is 0.388. The Balaban J connectivity index is 2.11. The third kappa shape index (κ3) is 1.34. The summed E-state index contributed by atoms with van der Waals surface area (Å²) < 4.78 is 18.0. The molecule has 1 aliphatic rings. The Morgan fingerprint density at radius 3 is 2.81 bits per heavy atom. The molecule has 1 aromatic carbocycles. The van der Waals surface area contributed by atoms with E-state index < -0.39 is 0 Å². The highest BCUT2D eigenvalue weighted by molar-refractivity contribution is 5.64. The first-order chi connectivity index (χ1) is 7.75. The molecule has 0 spiro atoms. The van der Waals surface area contributed by atoms with Gasteiger partial charge in [0.2, 0.25) is 0 Å². The molecule has 0 aliphatic heterocycles. The number of aryl methyl sites for hydroxylation is 1. The van der Waals surface area contributed by atoms with Crippen LogP contribution >= 0.6 is 0 Å². The van der Waals surface area contributed by atoms with Crippen LogP contribution in [0.25, 0.3) is 11.3 Å². The fourth-order valence-electron chi connectivity index (χ4n) is 2.14. The fraction of sp³-hybridized carbons (Fsp3) is 0.250. The van der Waals surface area contributed by atoms with Crippen LogP contribution in [0.3, 0.4) is 0 Å². The van der Waals surface area contributed by atoms with Crippen LogP contribution in [0, 0.1) is 5.82 Å². The standard InChI is InChI=1S/C12H11FN2O/c13-8-3-1-7(2-4-8)12-11-9(14)5-6-10(11)16-15-12/h1-4,9H,5-6,14H2. The molecule has 0 fully saturated rings. The first kappa shape index (κ1) is 9.54. The van der Waals surface area contributed by atoms with Crippen molar-refractivity contribution in [3.8, 4) is 11.3 Å². The van der Waals surface area contributed by atoms with Crippen LogP contribution in [-0.4, -0.2) is 5.16 Å². The molecule has 1 heterocycles. The van der Waals surface area contributed by atoms with Gasteiger partial charge in [-0.1, -0.05) is 5.16 Å². The summed E-state index contributed by atoms with van der Waals surface area (Å²) in [5, 5.41) is 4.01. The average molecular weight is 218 g/mol. The van der Waals surface area contributed by atoms with Gasteiger partial charge in [-0.2, -0.15) is 0 Å². The van der Waals surface area contributed by atoms with Crippen LogP contribution in [0.2, 0.25) is 0 Å². The van der Waals surface area contributed by atoms with Crippen LogP contribution in [0.5, 0.6) is 0 Å². The second kappa shape index (κ2) is 3.42. The second-order valence-electron chi connectivity index (χ2n) is 4.02. The zero-order valence-corrected chi connectivity index (χ0v) is 8.61. The number of benzene rings is 1. The van der Waals surface area contributed by atoms with E-state index in [1.807, 2.05) is 0 Å². The molecule has 0 bridgehead atoms. The summed E-state index contributed by atoms with van der Waals surface area (Å²) in [4.78, 5) is 0. The van der Waals surface area contributed by atoms with E-state index in [9.17, 15) is 4.39 Å². The number of nitrogens with zero attached hydrogens (tertiary/aromatic N) is 1. The first-order valence-electron chi connectivity index (χ1n) is 5.25. The third-order valence-corrected chi connectivity index (χ3v) is 2.97. The molecule has 16 heavy (non-hydrogen) atoms. The molecule has 1 unspecified atom stereocenters. The summed E-state index contributed by atoms with van der Waals surface area (Å²) in [6.07, 6.45) is 1.73. The van der Waals surface area contributed by atoms with Crippen LogP contribution in [0.1, 0.15) is 23.8 Å². The maximum Gasteiger partial charge on any atom is 0.142 e. The molecular formula is C12H11FN2O. The molecule has 0 saturated carbocycles. The maximum atomic E-state index is 12.8. The average Bonchev–Trinajstić information content (AvgIpc) is 2.84. The molecule has 1 aliphatic carbocycles. The molecule has 2 aromatic rings. The Labute approximate surface area is 92.0 Å². The summed E-state index contributed by atoms with van der Waals surface area (Å²) in [5.74, 6) is 0.611. The topological polar surface area (TPSA) is 52.0 Å². The van der Waals surface area contributed by atoms with Crippen molar-refractivity contribution in [1.29, 1.82) is 0 Å². The number of hydrogen-bond donors (Lipinski definition) is 1. The van der Waals surface area contributed by atoms with Gasteiger partial charge in [0.15, 0.2) is 0 Å². The highest BCUT2D eigenvalue weighted by atomic mass is 19.1. The lowest BCUT2D eigenvalue weighted by Crippen LogP contribution is -2.06. The third-order valence-electron chi connectivity index (χ3n) is 2.97. The van der Waals surface area contributed by atoms with Crippen molar-refractivity contribution in [1.82, 2.24) is 5.16 Å². The molecule has 2 N–H and O–H groups in total. The van der Waals surface area contributed by atoms with E-state index in [0.29, 0.717) is 0 Å². The van der Waals surface area contributed by atoms with E-state index in [4.69, 9.17) is 10.3 Å². The number of halogens is 1. The summed E-state index contributed by atoms with van der Waals surface area (Å²) >= 11 is 0. The van der Waals surface area contributed by atoms with Crippen LogP contribution in [0.4, 0.5) is 4.39 Å². The summed E-state index contributed by atoms with van der Waals surface area (Å²) in [7, 11) is 0. The summed E-state index contributed by atoms with van der Waals surface area (Å²) in [6.45, 7) is 0. The lowest BCUT2D eigenvalue weighted by atomic mass is 10.0. The Morgan fingerprint density at radius 1 is 1.31 bits per heavy atom. The van der Waals surface area contributed by atoms with Crippen LogP contribution in [0.15, 0.2) is 28.8 Å². The van der Waals surface area contributed by atoms with Gasteiger partial charge in [-0.3, -0.25) is 0 Å². The summed E-state index contributed by atoms with van der Waals surface area (Å²) in [6, 6.07) is 6.20. The SMILES string of the molecule is NC1CCc2onc(-c3ccc(F)cc3)c21. The second-order valence-corrected chi connectivity index (χ2v) is 4.02. The zero-order valence-electron chi connectivity index (χ0n) is 8.61. The van der Waals surface area contributed by atoms with E-state index in [0.717, 1.165) is 35.4 Å². The lowest BCUT2D eigenvalue weighted by Gasteiger charge is -2.03. The molecule has 82 valence electrons. The molecule has 0 amide bonds. The van der Waals surface area contributed by atoms with Gasteiger partial charge < -0.3 is 10.3 Å². The number of fused-ring (bicyclic) bond motifs is 1. The maximum absolute atomic E-state index is 12.8. The van der Waals surface area contributed by atoms with Gasteiger partial charge in [0.1, 0.15) is 17.3 Å². The molecule has 4 heteroatoms. The van der Waals surface area contributed by atoms with E-state index in [2.05, 4.69) is 5.16 Å². The number of nitrogens with two attached hydrogens (primary N) is 1. The smallest absolute Gasteiger partial charge is 0.142 e. The Bertz CT molecular complexity index is 518. The van der Waals surface area contributed by atoms with Gasteiger partial charge in [0, 0.05) is 23.6 Å². The highest BCUT2D eigenvalue weighted by Crippen LogP contribution is 2.36. The van der Waals surface area contributed by atoms with E-state index >= 15 is 0 Å². The van der Waals surface area contributed by atoms with Gasteiger partial charge in [0.25, 0.3) is 0 Å². The van der Waals surface area contributed by atoms with Gasteiger partial charge >= 0.3 is 0 Å². The van der Waals surface area contributed by atoms with E-state index in [1.165, 1.54) is 12.1 Å². The fourth-order valence-corrected chi connectivity index (χ4v) is 2.14. The Morgan fingerprint density at radius 2 is 2.06 bits per heavy atom. The quantitative estimate of drug-likeness (QED) is 0.799. The molecule has 3 nitrogen and oxygen atoms in total. The Hall–Kier alpha value is -1.68. The van der Waals surface area contributed by atoms with E-state index in [1.54, 1.807) is 12.1 Å². The van der Waals surface area contributed by atoms with Crippen molar-refractivity contribution < 1.29 is 8.91 Å². The van der Waals surface area contributed by atoms with E-state index in [-0.39, 0.29) is 11.9 Å². The van der Waals surface area contributed by atoms with Crippen LogP contribution in [-0.2, 0) is 6.42 Å². The number of rotatable bonds is 1. The van der Waals surface area contributed by atoms with Crippen molar-refractivity contribution in [2.45, 2.75) is 18.9 Å². The van der Waals surface area contributed by atoms with Gasteiger partial charge in [-0.15, -0.1) is 0 Å². The van der Waals surface area contributed by atoms with Gasteiger partial charge in [-0.25, -0.2) is 4.39 Å². The predicted molar refractivity (Wildman–Crippen MR) is 57.1 cm³/mol. The minimum Gasteiger partial charge on any atom is -0.360 e. The minimum atomic E-state index is -0.256. The summed E-state index contributed by atoms with van der Waals surface area (Å²) in [5.41, 5.74) is 8.56. The largest absolute Gasteiger partial charge is 0.360 e. The number of aromatic nitrogens is 1. The predicted octanol–water partition coefficient (Wildman–Crippen LogP) is 2.43. The van der Waals surface area contributed by atoms with Gasteiger partial charge in [-0.05, 0) is 30.7 Å². The van der Waals surface area contributed by atoms with Crippen LogP contribution < -0.4 is 5.73 Å². The van der Waals surface area contributed by atoms with Gasteiger partial charge in [0.05, 0.1) is 0 Å². The molecule has 0 radical (unpaired) electrons. The van der Waals surface area contributed by atoms with Crippen molar-refractivity contribution >= 4 is 0 Å². The zero-order chi connectivity index (χ0) is 11.1. The Kier molecular flexibility index (Phi) is 2.04. The molecular weight excluding hydrogens is 207 g/mol. The van der Waals surface area contributed by atoms with Crippen molar-refractivity contribution in [3.05, 3.63) is 41.4 Å². The monoisotopic (exact) mass is 218 g/mol. The first-order valence-corrected chi connectivity index (χ1v) is 5.25. The number of hydrogen-bond acceptors (Lipinski definition) is 3.